The van der Waals surface area contributed by atoms with Gasteiger partial charge in [-0.15, -0.1) is 0 Å². The van der Waals surface area contributed by atoms with E-state index in [1.807, 2.05) is 0 Å². The molecule has 0 unspecified atom stereocenters. The van der Waals surface area contributed by atoms with Crippen LogP contribution in [-0.2, 0) is 4.74 Å². The molecular weight excluding hydrogens is 220 g/mol. The highest BCUT2D eigenvalue weighted by Crippen LogP contribution is 2.19. The maximum Gasteiger partial charge on any atom is 0.338 e. The summed E-state index contributed by atoms with van der Waals surface area (Å²) in [6.45, 7) is 2.14. The van der Waals surface area contributed by atoms with E-state index in [0.717, 1.165) is 0 Å². The molecule has 0 amide bonds. The standard InChI is InChI=1S/C12H12N2O3/c1-2-16-12(15)9-3-5-10(6-4-9)17-11-7-13-8-14-11/h3-8H,2H2,1H3,(H,13,14). The Morgan fingerprint density at radius 3 is 2.71 bits per heavy atom. The Morgan fingerprint density at radius 1 is 1.35 bits per heavy atom. The molecule has 1 N–H and O–H groups in total. The molecule has 1 aromatic heterocycles. The van der Waals surface area contributed by atoms with Crippen LogP contribution in [0.25, 0.3) is 0 Å². The van der Waals surface area contributed by atoms with E-state index in [2.05, 4.69) is 9.97 Å². The predicted octanol–water partition coefficient (Wildman–Crippen LogP) is 2.38. The highest BCUT2D eigenvalue weighted by Gasteiger charge is 2.06. The summed E-state index contributed by atoms with van der Waals surface area (Å²) in [5.74, 6) is 0.844. The van der Waals surface area contributed by atoms with Gasteiger partial charge in [0.2, 0.25) is 5.88 Å². The summed E-state index contributed by atoms with van der Waals surface area (Å²) in [4.78, 5) is 18.0. The SMILES string of the molecule is CCOC(=O)c1ccc(Oc2cnc[nH]2)cc1. The van der Waals surface area contributed by atoms with Crippen molar-refractivity contribution in [1.82, 2.24) is 9.97 Å². The van der Waals surface area contributed by atoms with E-state index in [0.29, 0.717) is 23.8 Å². The van der Waals surface area contributed by atoms with Crippen LogP contribution in [0.15, 0.2) is 36.8 Å². The van der Waals surface area contributed by atoms with Crippen LogP contribution in [0, 0.1) is 0 Å². The van der Waals surface area contributed by atoms with Crippen molar-refractivity contribution in [2.45, 2.75) is 6.92 Å². The van der Waals surface area contributed by atoms with Crippen LogP contribution in [-0.4, -0.2) is 22.5 Å². The topological polar surface area (TPSA) is 64.2 Å². The second kappa shape index (κ2) is 5.16. The van der Waals surface area contributed by atoms with Crippen LogP contribution < -0.4 is 4.74 Å². The van der Waals surface area contributed by atoms with E-state index in [1.54, 1.807) is 37.4 Å². The van der Waals surface area contributed by atoms with Gasteiger partial charge in [0.15, 0.2) is 0 Å². The number of carbonyl (C=O) groups is 1. The summed E-state index contributed by atoms with van der Waals surface area (Å²) in [5, 5.41) is 0. The first kappa shape index (κ1) is 11.2. The predicted molar refractivity (Wildman–Crippen MR) is 61.1 cm³/mol. The molecule has 0 atom stereocenters. The van der Waals surface area contributed by atoms with Crippen molar-refractivity contribution < 1.29 is 14.3 Å². The lowest BCUT2D eigenvalue weighted by Crippen LogP contribution is -2.03. The number of benzene rings is 1. The van der Waals surface area contributed by atoms with Crippen molar-refractivity contribution in [1.29, 1.82) is 0 Å². The molecule has 0 aliphatic carbocycles. The van der Waals surface area contributed by atoms with Gasteiger partial charge in [0, 0.05) is 0 Å². The molecular formula is C12H12N2O3. The van der Waals surface area contributed by atoms with Gasteiger partial charge in [-0.05, 0) is 31.2 Å². The van der Waals surface area contributed by atoms with Gasteiger partial charge in [0.05, 0.1) is 24.7 Å². The normalized spacial score (nSPS) is 9.94. The summed E-state index contributed by atoms with van der Waals surface area (Å²) in [6.07, 6.45) is 3.10. The number of aromatic amines is 1. The molecule has 0 aliphatic rings. The fourth-order valence-corrected chi connectivity index (χ4v) is 1.30. The first-order valence-electron chi connectivity index (χ1n) is 5.23. The van der Waals surface area contributed by atoms with Crippen molar-refractivity contribution >= 4 is 5.97 Å². The van der Waals surface area contributed by atoms with Crippen molar-refractivity contribution in [3.8, 4) is 11.6 Å². The van der Waals surface area contributed by atoms with E-state index < -0.39 is 0 Å². The number of esters is 1. The summed E-state index contributed by atoms with van der Waals surface area (Å²) < 4.78 is 10.3. The van der Waals surface area contributed by atoms with Crippen molar-refractivity contribution in [3.05, 3.63) is 42.4 Å². The van der Waals surface area contributed by atoms with Gasteiger partial charge < -0.3 is 14.5 Å². The Morgan fingerprint density at radius 2 is 2.12 bits per heavy atom. The van der Waals surface area contributed by atoms with Crippen LogP contribution in [0.4, 0.5) is 0 Å². The number of ether oxygens (including phenoxy) is 2. The van der Waals surface area contributed by atoms with Crippen LogP contribution in [0.2, 0.25) is 0 Å². The monoisotopic (exact) mass is 232 g/mol. The van der Waals surface area contributed by atoms with E-state index in [1.165, 1.54) is 6.33 Å². The Bertz CT molecular complexity index is 477. The number of imidazole rings is 1. The van der Waals surface area contributed by atoms with Crippen LogP contribution in [0.5, 0.6) is 11.6 Å². The molecule has 2 aromatic rings. The van der Waals surface area contributed by atoms with E-state index in [9.17, 15) is 4.79 Å². The molecule has 1 aromatic carbocycles. The maximum atomic E-state index is 11.4. The number of rotatable bonds is 4. The third kappa shape index (κ3) is 2.84. The van der Waals surface area contributed by atoms with E-state index in [4.69, 9.17) is 9.47 Å². The molecule has 5 nitrogen and oxygen atoms in total. The van der Waals surface area contributed by atoms with Gasteiger partial charge in [-0.3, -0.25) is 0 Å². The molecule has 1 heterocycles. The molecule has 2 rings (SSSR count). The van der Waals surface area contributed by atoms with Crippen LogP contribution in [0.1, 0.15) is 17.3 Å². The number of hydrogen-bond donors (Lipinski definition) is 1. The van der Waals surface area contributed by atoms with Gasteiger partial charge in [-0.25, -0.2) is 9.78 Å². The third-order valence-electron chi connectivity index (χ3n) is 2.07. The lowest BCUT2D eigenvalue weighted by atomic mass is 10.2. The average Bonchev–Trinajstić information content (AvgIpc) is 2.83. The minimum absolute atomic E-state index is 0.333. The highest BCUT2D eigenvalue weighted by molar-refractivity contribution is 5.89. The van der Waals surface area contributed by atoms with Crippen LogP contribution >= 0.6 is 0 Å². The van der Waals surface area contributed by atoms with Crippen molar-refractivity contribution in [2.24, 2.45) is 0 Å². The Labute approximate surface area is 98.4 Å². The minimum atomic E-state index is -0.333. The Hall–Kier alpha value is -2.30. The summed E-state index contributed by atoms with van der Waals surface area (Å²) in [6, 6.07) is 6.72. The zero-order valence-electron chi connectivity index (χ0n) is 9.34. The number of H-pyrrole nitrogens is 1. The molecule has 0 aliphatic heterocycles. The largest absolute Gasteiger partial charge is 0.462 e. The molecule has 0 bridgehead atoms. The molecule has 0 radical (unpaired) electrons. The third-order valence-corrected chi connectivity index (χ3v) is 2.07. The van der Waals surface area contributed by atoms with Crippen molar-refractivity contribution in [3.63, 3.8) is 0 Å². The van der Waals surface area contributed by atoms with E-state index in [-0.39, 0.29) is 5.97 Å². The fourth-order valence-electron chi connectivity index (χ4n) is 1.30. The molecule has 0 spiro atoms. The quantitative estimate of drug-likeness (QED) is 0.822. The summed E-state index contributed by atoms with van der Waals surface area (Å²) >= 11 is 0. The lowest BCUT2D eigenvalue weighted by Gasteiger charge is -2.04. The van der Waals surface area contributed by atoms with E-state index >= 15 is 0 Å². The number of hydrogen-bond acceptors (Lipinski definition) is 4. The molecule has 17 heavy (non-hydrogen) atoms. The second-order valence-electron chi connectivity index (χ2n) is 3.26. The smallest absolute Gasteiger partial charge is 0.338 e. The highest BCUT2D eigenvalue weighted by atomic mass is 16.5. The first-order valence-corrected chi connectivity index (χ1v) is 5.23. The number of carbonyl (C=O) groups excluding carboxylic acids is 1. The van der Waals surface area contributed by atoms with Gasteiger partial charge in [-0.2, -0.15) is 0 Å². The number of nitrogens with one attached hydrogen (secondary N) is 1. The Balaban J connectivity index is 2.05. The van der Waals surface area contributed by atoms with Gasteiger partial charge in [0.25, 0.3) is 0 Å². The molecule has 88 valence electrons. The van der Waals surface area contributed by atoms with Gasteiger partial charge >= 0.3 is 5.97 Å². The summed E-state index contributed by atoms with van der Waals surface area (Å²) in [5.41, 5.74) is 0.504. The zero-order chi connectivity index (χ0) is 12.1. The second-order valence-corrected chi connectivity index (χ2v) is 3.26. The number of aromatic nitrogens is 2. The van der Waals surface area contributed by atoms with Gasteiger partial charge in [-0.1, -0.05) is 0 Å². The zero-order valence-corrected chi connectivity index (χ0v) is 9.34. The molecule has 0 saturated carbocycles. The lowest BCUT2D eigenvalue weighted by molar-refractivity contribution is 0.0526. The first-order chi connectivity index (χ1) is 8.29. The maximum absolute atomic E-state index is 11.4. The number of nitrogens with zero attached hydrogens (tertiary/aromatic N) is 1. The van der Waals surface area contributed by atoms with Crippen LogP contribution in [0.3, 0.4) is 0 Å². The van der Waals surface area contributed by atoms with Gasteiger partial charge in [0.1, 0.15) is 5.75 Å². The fraction of sp³-hybridized carbons (Fsp3) is 0.167. The molecule has 0 saturated heterocycles. The molecule has 0 fully saturated rings. The van der Waals surface area contributed by atoms with Crippen molar-refractivity contribution in [2.75, 3.05) is 6.61 Å². The minimum Gasteiger partial charge on any atom is -0.462 e. The molecule has 5 heteroatoms. The average molecular weight is 232 g/mol. The Kier molecular flexibility index (Phi) is 3.40. The summed E-state index contributed by atoms with van der Waals surface area (Å²) in [7, 11) is 0.